The first-order valence-electron chi connectivity index (χ1n) is 6.59. The molecule has 1 aromatic rings. The Morgan fingerprint density at radius 1 is 1.61 bits per heavy atom. The monoisotopic (exact) mass is 247 g/mol. The summed E-state index contributed by atoms with van der Waals surface area (Å²) in [7, 11) is 0. The summed E-state index contributed by atoms with van der Waals surface area (Å²) < 4.78 is 0. The van der Waals surface area contributed by atoms with Crippen LogP contribution in [0.3, 0.4) is 0 Å². The first-order valence-corrected chi connectivity index (χ1v) is 6.59. The van der Waals surface area contributed by atoms with Gasteiger partial charge in [0.2, 0.25) is 5.91 Å². The van der Waals surface area contributed by atoms with Gasteiger partial charge in [-0.05, 0) is 36.5 Å². The van der Waals surface area contributed by atoms with E-state index in [4.69, 9.17) is 0 Å². The van der Waals surface area contributed by atoms with Crippen LogP contribution in [0, 0.1) is 5.92 Å². The smallest absolute Gasteiger partial charge is 0.217 e. The number of carbonyl (C=O) groups excluding carboxylic acids is 1. The Morgan fingerprint density at radius 3 is 3.17 bits per heavy atom. The molecule has 4 nitrogen and oxygen atoms in total. The van der Waals surface area contributed by atoms with Crippen LogP contribution in [-0.2, 0) is 11.3 Å². The SMILES string of the molecule is CC(=O)NCc1ccnc(N2CCC[C@@H](C)C2)c1. The molecule has 0 spiro atoms. The van der Waals surface area contributed by atoms with Gasteiger partial charge in [0.1, 0.15) is 5.82 Å². The maximum absolute atomic E-state index is 10.9. The molecular weight excluding hydrogens is 226 g/mol. The minimum absolute atomic E-state index is 0.0000398. The Balaban J connectivity index is 2.04. The third-order valence-electron chi connectivity index (χ3n) is 3.33. The van der Waals surface area contributed by atoms with Crippen molar-refractivity contribution in [1.82, 2.24) is 10.3 Å². The molecule has 18 heavy (non-hydrogen) atoms. The van der Waals surface area contributed by atoms with Crippen molar-refractivity contribution in [2.24, 2.45) is 5.92 Å². The molecule has 0 unspecified atom stereocenters. The maximum Gasteiger partial charge on any atom is 0.217 e. The van der Waals surface area contributed by atoms with E-state index in [1.807, 2.05) is 12.3 Å². The number of hydrogen-bond acceptors (Lipinski definition) is 3. The van der Waals surface area contributed by atoms with Crippen LogP contribution in [0.2, 0.25) is 0 Å². The van der Waals surface area contributed by atoms with Crippen LogP contribution < -0.4 is 10.2 Å². The molecule has 2 rings (SSSR count). The summed E-state index contributed by atoms with van der Waals surface area (Å²) in [5.74, 6) is 1.77. The molecule has 1 aliphatic heterocycles. The summed E-state index contributed by atoms with van der Waals surface area (Å²) in [5, 5.41) is 2.82. The van der Waals surface area contributed by atoms with E-state index in [-0.39, 0.29) is 5.91 Å². The van der Waals surface area contributed by atoms with Crippen LogP contribution >= 0.6 is 0 Å². The average Bonchev–Trinajstić information content (AvgIpc) is 2.37. The van der Waals surface area contributed by atoms with Crippen molar-refractivity contribution < 1.29 is 4.79 Å². The molecule has 1 atom stereocenters. The number of nitrogens with one attached hydrogen (secondary N) is 1. The van der Waals surface area contributed by atoms with Gasteiger partial charge in [-0.1, -0.05) is 6.92 Å². The van der Waals surface area contributed by atoms with Gasteiger partial charge in [0.05, 0.1) is 0 Å². The Labute approximate surface area is 108 Å². The summed E-state index contributed by atoms with van der Waals surface area (Å²) in [4.78, 5) is 17.7. The van der Waals surface area contributed by atoms with Crippen molar-refractivity contribution in [3.63, 3.8) is 0 Å². The van der Waals surface area contributed by atoms with E-state index in [1.54, 1.807) is 0 Å². The molecule has 0 aromatic carbocycles. The van der Waals surface area contributed by atoms with Gasteiger partial charge in [-0.15, -0.1) is 0 Å². The van der Waals surface area contributed by atoms with Crippen molar-refractivity contribution in [2.75, 3.05) is 18.0 Å². The number of nitrogens with zero attached hydrogens (tertiary/aromatic N) is 2. The van der Waals surface area contributed by atoms with E-state index in [9.17, 15) is 4.79 Å². The summed E-state index contributed by atoms with van der Waals surface area (Å²) in [6.07, 6.45) is 4.37. The van der Waals surface area contributed by atoms with Gasteiger partial charge in [-0.3, -0.25) is 4.79 Å². The highest BCUT2D eigenvalue weighted by molar-refractivity contribution is 5.72. The number of hydrogen-bond donors (Lipinski definition) is 1. The van der Waals surface area contributed by atoms with E-state index in [0.29, 0.717) is 6.54 Å². The van der Waals surface area contributed by atoms with Crippen molar-refractivity contribution in [3.8, 4) is 0 Å². The zero-order valence-corrected chi connectivity index (χ0v) is 11.1. The molecular formula is C14H21N3O. The Kier molecular flexibility index (Phi) is 4.18. The largest absolute Gasteiger partial charge is 0.356 e. The van der Waals surface area contributed by atoms with Crippen LogP contribution in [0.25, 0.3) is 0 Å². The maximum atomic E-state index is 10.9. The molecule has 0 saturated carbocycles. The fraction of sp³-hybridized carbons (Fsp3) is 0.571. The lowest BCUT2D eigenvalue weighted by Gasteiger charge is -2.32. The topological polar surface area (TPSA) is 45.2 Å². The third kappa shape index (κ3) is 3.45. The highest BCUT2D eigenvalue weighted by atomic mass is 16.1. The highest BCUT2D eigenvalue weighted by Gasteiger charge is 2.17. The first kappa shape index (κ1) is 12.9. The lowest BCUT2D eigenvalue weighted by Crippen LogP contribution is -2.34. The second-order valence-corrected chi connectivity index (χ2v) is 5.13. The molecule has 1 saturated heterocycles. The first-order chi connectivity index (χ1) is 8.65. The van der Waals surface area contributed by atoms with E-state index in [2.05, 4.69) is 28.2 Å². The Hall–Kier alpha value is -1.58. The fourth-order valence-electron chi connectivity index (χ4n) is 2.37. The number of amides is 1. The molecule has 0 aliphatic carbocycles. The molecule has 2 heterocycles. The zero-order valence-electron chi connectivity index (χ0n) is 11.1. The standard InChI is InChI=1S/C14H21N3O/c1-11-4-3-7-17(10-11)14-8-13(5-6-15-14)9-16-12(2)18/h5-6,8,11H,3-4,7,9-10H2,1-2H3,(H,16,18)/t11-/m1/s1. The van der Waals surface area contributed by atoms with E-state index in [1.165, 1.54) is 19.8 Å². The van der Waals surface area contributed by atoms with Crippen molar-refractivity contribution in [2.45, 2.75) is 33.2 Å². The van der Waals surface area contributed by atoms with Crippen LogP contribution in [0.15, 0.2) is 18.3 Å². The molecule has 1 N–H and O–H groups in total. The molecule has 0 radical (unpaired) electrons. The molecule has 1 aliphatic rings. The molecule has 1 fully saturated rings. The number of pyridine rings is 1. The minimum Gasteiger partial charge on any atom is -0.356 e. The van der Waals surface area contributed by atoms with Crippen LogP contribution in [0.1, 0.15) is 32.3 Å². The lowest BCUT2D eigenvalue weighted by molar-refractivity contribution is -0.119. The molecule has 1 amide bonds. The summed E-state index contributed by atoms with van der Waals surface area (Å²) in [6.45, 7) is 6.56. The number of piperidine rings is 1. The lowest BCUT2D eigenvalue weighted by atomic mass is 10.0. The zero-order chi connectivity index (χ0) is 13.0. The van der Waals surface area contributed by atoms with Crippen molar-refractivity contribution in [1.29, 1.82) is 0 Å². The van der Waals surface area contributed by atoms with Gasteiger partial charge in [0, 0.05) is 32.8 Å². The normalized spacial score (nSPS) is 19.7. The third-order valence-corrected chi connectivity index (χ3v) is 3.33. The highest BCUT2D eigenvalue weighted by Crippen LogP contribution is 2.21. The predicted octanol–water partition coefficient (Wildman–Crippen LogP) is 1.95. The van der Waals surface area contributed by atoms with Gasteiger partial charge in [-0.2, -0.15) is 0 Å². The predicted molar refractivity (Wildman–Crippen MR) is 72.4 cm³/mol. The van der Waals surface area contributed by atoms with Crippen LogP contribution in [0.5, 0.6) is 0 Å². The van der Waals surface area contributed by atoms with Gasteiger partial charge in [0.25, 0.3) is 0 Å². The van der Waals surface area contributed by atoms with E-state index >= 15 is 0 Å². The van der Waals surface area contributed by atoms with Crippen LogP contribution in [-0.4, -0.2) is 24.0 Å². The quantitative estimate of drug-likeness (QED) is 0.888. The average molecular weight is 247 g/mol. The number of aromatic nitrogens is 1. The van der Waals surface area contributed by atoms with E-state index < -0.39 is 0 Å². The molecule has 0 bridgehead atoms. The molecule has 98 valence electrons. The molecule has 4 heteroatoms. The van der Waals surface area contributed by atoms with Crippen LogP contribution in [0.4, 0.5) is 5.82 Å². The fourth-order valence-corrected chi connectivity index (χ4v) is 2.37. The van der Waals surface area contributed by atoms with Gasteiger partial charge in [0.15, 0.2) is 0 Å². The second kappa shape index (κ2) is 5.85. The summed E-state index contributed by atoms with van der Waals surface area (Å²) >= 11 is 0. The van der Waals surface area contributed by atoms with Gasteiger partial charge < -0.3 is 10.2 Å². The summed E-state index contributed by atoms with van der Waals surface area (Å²) in [6, 6.07) is 4.03. The van der Waals surface area contributed by atoms with Gasteiger partial charge in [-0.25, -0.2) is 4.98 Å². The van der Waals surface area contributed by atoms with Gasteiger partial charge >= 0.3 is 0 Å². The minimum atomic E-state index is -0.0000398. The summed E-state index contributed by atoms with van der Waals surface area (Å²) in [5.41, 5.74) is 1.11. The number of anilines is 1. The van der Waals surface area contributed by atoms with Crippen molar-refractivity contribution >= 4 is 11.7 Å². The van der Waals surface area contributed by atoms with Crippen molar-refractivity contribution in [3.05, 3.63) is 23.9 Å². The Morgan fingerprint density at radius 2 is 2.44 bits per heavy atom. The second-order valence-electron chi connectivity index (χ2n) is 5.13. The number of rotatable bonds is 3. The number of carbonyl (C=O) groups is 1. The van der Waals surface area contributed by atoms with E-state index in [0.717, 1.165) is 30.4 Å². The molecule has 1 aromatic heterocycles. The Bertz CT molecular complexity index is 419.